The van der Waals surface area contributed by atoms with Crippen LogP contribution < -0.4 is 5.32 Å². The van der Waals surface area contributed by atoms with E-state index >= 15 is 0 Å². The van der Waals surface area contributed by atoms with Crippen LogP contribution in [0.15, 0.2) is 36.5 Å². The number of nitrogens with zero attached hydrogens (tertiary/aromatic N) is 3. The number of rotatable bonds is 2. The lowest BCUT2D eigenvalue weighted by Crippen LogP contribution is -2.05. The van der Waals surface area contributed by atoms with E-state index in [4.69, 9.17) is 0 Å². The van der Waals surface area contributed by atoms with Crippen molar-refractivity contribution in [1.29, 1.82) is 0 Å². The lowest BCUT2D eigenvalue weighted by molar-refractivity contribution is -0.114. The Labute approximate surface area is 122 Å². The molecule has 21 heavy (non-hydrogen) atoms. The average Bonchev–Trinajstić information content (AvgIpc) is 2.73. The Hall–Kier alpha value is -2.69. The molecular formula is C16H16N4O. The molecule has 0 atom stereocenters. The molecule has 0 fully saturated rings. The normalized spacial score (nSPS) is 10.8. The van der Waals surface area contributed by atoms with Crippen LogP contribution in [0.1, 0.15) is 12.6 Å². The molecule has 2 aromatic heterocycles. The monoisotopic (exact) mass is 280 g/mol. The third-order valence-corrected chi connectivity index (χ3v) is 3.38. The van der Waals surface area contributed by atoms with E-state index in [0.29, 0.717) is 0 Å². The summed E-state index contributed by atoms with van der Waals surface area (Å²) >= 11 is 0. The molecule has 0 unspecified atom stereocenters. The Morgan fingerprint density at radius 2 is 2.05 bits per heavy atom. The van der Waals surface area contributed by atoms with Crippen LogP contribution in [0.4, 0.5) is 5.69 Å². The van der Waals surface area contributed by atoms with E-state index in [1.807, 2.05) is 44.4 Å². The van der Waals surface area contributed by atoms with Crippen LogP contribution >= 0.6 is 0 Å². The molecule has 0 saturated carbocycles. The van der Waals surface area contributed by atoms with E-state index in [2.05, 4.69) is 21.5 Å². The van der Waals surface area contributed by atoms with Gasteiger partial charge in [-0.05, 0) is 30.7 Å². The van der Waals surface area contributed by atoms with Gasteiger partial charge < -0.3 is 5.32 Å². The number of aromatic nitrogens is 3. The SMILES string of the molecule is CC(=O)Nc1cccc(-c2cnc3c(c2)c(C)nn3C)c1. The van der Waals surface area contributed by atoms with Crippen molar-refractivity contribution in [3.63, 3.8) is 0 Å². The molecule has 5 heteroatoms. The second kappa shape index (κ2) is 5.01. The van der Waals surface area contributed by atoms with Gasteiger partial charge in [-0.1, -0.05) is 12.1 Å². The quantitative estimate of drug-likeness (QED) is 0.785. The number of benzene rings is 1. The molecular weight excluding hydrogens is 264 g/mol. The lowest BCUT2D eigenvalue weighted by Gasteiger charge is -2.06. The number of carbonyl (C=O) groups excluding carboxylic acids is 1. The first-order valence-electron chi connectivity index (χ1n) is 6.72. The predicted octanol–water partition coefficient (Wildman–Crippen LogP) is 2.90. The van der Waals surface area contributed by atoms with Crippen LogP contribution in [0, 0.1) is 6.92 Å². The number of nitrogens with one attached hydrogen (secondary N) is 1. The number of hydrogen-bond acceptors (Lipinski definition) is 3. The van der Waals surface area contributed by atoms with Crippen molar-refractivity contribution in [2.45, 2.75) is 13.8 Å². The van der Waals surface area contributed by atoms with Gasteiger partial charge in [0.2, 0.25) is 5.91 Å². The third kappa shape index (κ3) is 2.50. The Morgan fingerprint density at radius 1 is 1.24 bits per heavy atom. The molecule has 5 nitrogen and oxygen atoms in total. The summed E-state index contributed by atoms with van der Waals surface area (Å²) in [5, 5.41) is 8.21. The van der Waals surface area contributed by atoms with Crippen LogP contribution in [0.2, 0.25) is 0 Å². The minimum Gasteiger partial charge on any atom is -0.326 e. The fourth-order valence-electron chi connectivity index (χ4n) is 2.45. The Kier molecular flexibility index (Phi) is 3.17. The number of anilines is 1. The summed E-state index contributed by atoms with van der Waals surface area (Å²) < 4.78 is 1.78. The van der Waals surface area contributed by atoms with Crippen LogP contribution in [-0.2, 0) is 11.8 Å². The van der Waals surface area contributed by atoms with Gasteiger partial charge in [0.25, 0.3) is 0 Å². The first kappa shape index (κ1) is 13.3. The van der Waals surface area contributed by atoms with Crippen LogP contribution in [0.5, 0.6) is 0 Å². The first-order valence-corrected chi connectivity index (χ1v) is 6.72. The molecule has 1 amide bonds. The van der Waals surface area contributed by atoms with E-state index in [1.54, 1.807) is 4.68 Å². The maximum Gasteiger partial charge on any atom is 0.221 e. The van der Waals surface area contributed by atoms with Gasteiger partial charge in [0.1, 0.15) is 0 Å². The van der Waals surface area contributed by atoms with E-state index in [9.17, 15) is 4.79 Å². The molecule has 0 saturated heterocycles. The van der Waals surface area contributed by atoms with Gasteiger partial charge >= 0.3 is 0 Å². The maximum absolute atomic E-state index is 11.1. The van der Waals surface area contributed by atoms with Crippen LogP contribution in [-0.4, -0.2) is 20.7 Å². The summed E-state index contributed by atoms with van der Waals surface area (Å²) in [7, 11) is 1.89. The molecule has 0 aliphatic rings. The lowest BCUT2D eigenvalue weighted by atomic mass is 10.1. The molecule has 3 aromatic rings. The smallest absolute Gasteiger partial charge is 0.221 e. The maximum atomic E-state index is 11.1. The molecule has 3 rings (SSSR count). The minimum atomic E-state index is -0.0798. The Balaban J connectivity index is 2.07. The van der Waals surface area contributed by atoms with Crippen LogP contribution in [0.25, 0.3) is 22.2 Å². The van der Waals surface area contributed by atoms with Crippen molar-refractivity contribution in [1.82, 2.24) is 14.8 Å². The summed E-state index contributed by atoms with van der Waals surface area (Å²) in [5.74, 6) is -0.0798. The van der Waals surface area contributed by atoms with Crippen molar-refractivity contribution in [2.75, 3.05) is 5.32 Å². The molecule has 0 aliphatic carbocycles. The molecule has 0 spiro atoms. The molecule has 0 aliphatic heterocycles. The van der Waals surface area contributed by atoms with Crippen molar-refractivity contribution >= 4 is 22.6 Å². The first-order chi connectivity index (χ1) is 10.0. The highest BCUT2D eigenvalue weighted by molar-refractivity contribution is 5.90. The van der Waals surface area contributed by atoms with Crippen molar-refractivity contribution in [2.24, 2.45) is 7.05 Å². The topological polar surface area (TPSA) is 59.8 Å². The number of fused-ring (bicyclic) bond motifs is 1. The summed E-state index contributed by atoms with van der Waals surface area (Å²) in [6, 6.07) is 9.81. The molecule has 0 bridgehead atoms. The minimum absolute atomic E-state index is 0.0798. The number of amides is 1. The van der Waals surface area contributed by atoms with E-state index in [1.165, 1.54) is 6.92 Å². The highest BCUT2D eigenvalue weighted by atomic mass is 16.1. The largest absolute Gasteiger partial charge is 0.326 e. The average molecular weight is 280 g/mol. The molecule has 106 valence electrons. The highest BCUT2D eigenvalue weighted by Gasteiger charge is 2.08. The van der Waals surface area contributed by atoms with Crippen LogP contribution in [0.3, 0.4) is 0 Å². The van der Waals surface area contributed by atoms with Crippen molar-refractivity contribution < 1.29 is 4.79 Å². The third-order valence-electron chi connectivity index (χ3n) is 3.38. The number of hydrogen-bond donors (Lipinski definition) is 1. The van der Waals surface area contributed by atoms with Gasteiger partial charge in [-0.25, -0.2) is 4.98 Å². The van der Waals surface area contributed by atoms with Gasteiger partial charge in [-0.2, -0.15) is 5.10 Å². The van der Waals surface area contributed by atoms with Crippen molar-refractivity contribution in [3.05, 3.63) is 42.2 Å². The standard InChI is InChI=1S/C16H16N4O/c1-10-15-8-13(9-17-16(15)20(3)19-10)12-5-4-6-14(7-12)18-11(2)21/h4-9H,1-3H3,(H,18,21). The van der Waals surface area contributed by atoms with Gasteiger partial charge in [-0.15, -0.1) is 0 Å². The van der Waals surface area contributed by atoms with Gasteiger partial charge in [0.15, 0.2) is 5.65 Å². The zero-order chi connectivity index (χ0) is 15.0. The Morgan fingerprint density at radius 3 is 2.81 bits per heavy atom. The van der Waals surface area contributed by atoms with E-state index in [0.717, 1.165) is 33.5 Å². The molecule has 1 N–H and O–H groups in total. The van der Waals surface area contributed by atoms with Gasteiger partial charge in [0, 0.05) is 36.8 Å². The number of aryl methyl sites for hydroxylation is 2. The fraction of sp³-hybridized carbons (Fsp3) is 0.188. The number of carbonyl (C=O) groups is 1. The zero-order valence-corrected chi connectivity index (χ0v) is 12.2. The van der Waals surface area contributed by atoms with E-state index < -0.39 is 0 Å². The molecule has 0 radical (unpaired) electrons. The summed E-state index contributed by atoms with van der Waals surface area (Å²) in [6.07, 6.45) is 1.83. The predicted molar refractivity (Wildman–Crippen MR) is 83.0 cm³/mol. The molecule has 1 aromatic carbocycles. The summed E-state index contributed by atoms with van der Waals surface area (Å²) in [6.45, 7) is 3.47. The zero-order valence-electron chi connectivity index (χ0n) is 12.2. The second-order valence-corrected chi connectivity index (χ2v) is 5.07. The summed E-state index contributed by atoms with van der Waals surface area (Å²) in [4.78, 5) is 15.6. The second-order valence-electron chi connectivity index (χ2n) is 5.07. The van der Waals surface area contributed by atoms with E-state index in [-0.39, 0.29) is 5.91 Å². The summed E-state index contributed by atoms with van der Waals surface area (Å²) in [5.41, 5.74) is 4.63. The van der Waals surface area contributed by atoms with Gasteiger partial charge in [-0.3, -0.25) is 9.48 Å². The number of pyridine rings is 1. The molecule has 2 heterocycles. The fourth-order valence-corrected chi connectivity index (χ4v) is 2.45. The van der Waals surface area contributed by atoms with Gasteiger partial charge in [0.05, 0.1) is 5.69 Å². The highest BCUT2D eigenvalue weighted by Crippen LogP contribution is 2.26. The Bertz CT molecular complexity index is 835. The van der Waals surface area contributed by atoms with Crippen molar-refractivity contribution in [3.8, 4) is 11.1 Å².